The smallest absolute Gasteiger partial charge is 0.490 e. The van der Waals surface area contributed by atoms with Gasteiger partial charge in [-0.3, -0.25) is 4.90 Å². The van der Waals surface area contributed by atoms with Gasteiger partial charge in [0.1, 0.15) is 0 Å². The number of alkyl halides is 3. The number of carboxylic acid groups (broad SMARTS) is 1. The average Bonchev–Trinajstić information content (AvgIpc) is 2.59. The highest BCUT2D eigenvalue weighted by Crippen LogP contribution is 2.20. The number of hydrogen-bond acceptors (Lipinski definition) is 5. The van der Waals surface area contributed by atoms with Crippen LogP contribution in [0.25, 0.3) is 0 Å². The molecule has 0 saturated carbocycles. The van der Waals surface area contributed by atoms with Crippen molar-refractivity contribution in [3.8, 4) is 5.75 Å². The molecule has 1 fully saturated rings. The van der Waals surface area contributed by atoms with Crippen LogP contribution in [-0.4, -0.2) is 78.6 Å². The Kier molecular flexibility index (Phi) is 8.94. The van der Waals surface area contributed by atoms with E-state index in [0.717, 1.165) is 38.2 Å². The van der Waals surface area contributed by atoms with Gasteiger partial charge in [0.2, 0.25) is 0 Å². The summed E-state index contributed by atoms with van der Waals surface area (Å²) in [6.45, 7) is 3.90. The zero-order valence-electron chi connectivity index (χ0n) is 15.2. The highest BCUT2D eigenvalue weighted by Gasteiger charge is 2.38. The summed E-state index contributed by atoms with van der Waals surface area (Å²) >= 11 is 0. The number of aliphatic hydroxyl groups excluding tert-OH is 1. The largest absolute Gasteiger partial charge is 0.494 e. The van der Waals surface area contributed by atoms with E-state index in [0.29, 0.717) is 11.8 Å². The Morgan fingerprint density at radius 3 is 2.48 bits per heavy atom. The summed E-state index contributed by atoms with van der Waals surface area (Å²) in [5.41, 5.74) is 1.05. The summed E-state index contributed by atoms with van der Waals surface area (Å²) in [6.07, 6.45) is -4.29. The maximum Gasteiger partial charge on any atom is 0.490 e. The van der Waals surface area contributed by atoms with Crippen molar-refractivity contribution in [2.45, 2.75) is 25.2 Å². The molecule has 27 heavy (non-hydrogen) atoms. The Morgan fingerprint density at radius 2 is 1.96 bits per heavy atom. The number of halogens is 4. The molecule has 2 N–H and O–H groups in total. The van der Waals surface area contributed by atoms with Gasteiger partial charge in [-0.25, -0.2) is 9.18 Å². The SMILES string of the molecule is COc1cc(CN2CCN(C)C(CCO)C2)ccc1F.O=C(O)C(F)(F)F. The van der Waals surface area contributed by atoms with Gasteiger partial charge in [-0.2, -0.15) is 13.2 Å². The molecule has 0 bridgehead atoms. The fraction of sp³-hybridized carbons (Fsp3) is 0.588. The first-order valence-corrected chi connectivity index (χ1v) is 8.24. The Bertz CT molecular complexity index is 613. The van der Waals surface area contributed by atoms with Crippen LogP contribution in [-0.2, 0) is 11.3 Å². The lowest BCUT2D eigenvalue weighted by Crippen LogP contribution is -2.51. The summed E-state index contributed by atoms with van der Waals surface area (Å²) in [5, 5.41) is 16.2. The average molecular weight is 396 g/mol. The van der Waals surface area contributed by atoms with Gasteiger partial charge in [0.15, 0.2) is 11.6 Å². The molecule has 154 valence electrons. The summed E-state index contributed by atoms with van der Waals surface area (Å²) in [4.78, 5) is 13.5. The number of carbonyl (C=O) groups is 1. The molecule has 1 unspecified atom stereocenters. The minimum absolute atomic E-state index is 0.215. The van der Waals surface area contributed by atoms with Gasteiger partial charge >= 0.3 is 12.1 Å². The van der Waals surface area contributed by atoms with Crippen molar-refractivity contribution in [2.24, 2.45) is 0 Å². The number of likely N-dealkylation sites (N-methyl/N-ethyl adjacent to an activating group) is 1. The molecule has 0 radical (unpaired) electrons. The topological polar surface area (TPSA) is 73.2 Å². The molecule has 2 rings (SSSR count). The van der Waals surface area contributed by atoms with Gasteiger partial charge in [-0.1, -0.05) is 6.07 Å². The van der Waals surface area contributed by atoms with Crippen LogP contribution in [0.15, 0.2) is 18.2 Å². The highest BCUT2D eigenvalue weighted by molar-refractivity contribution is 5.73. The molecule has 0 aromatic heterocycles. The molecular weight excluding hydrogens is 372 g/mol. The molecule has 0 spiro atoms. The van der Waals surface area contributed by atoms with Crippen molar-refractivity contribution in [3.05, 3.63) is 29.6 Å². The second-order valence-corrected chi connectivity index (χ2v) is 6.15. The lowest BCUT2D eigenvalue weighted by Gasteiger charge is -2.39. The highest BCUT2D eigenvalue weighted by atomic mass is 19.4. The van der Waals surface area contributed by atoms with E-state index >= 15 is 0 Å². The fourth-order valence-electron chi connectivity index (χ4n) is 2.68. The number of methoxy groups -OCH3 is 1. The van der Waals surface area contributed by atoms with E-state index < -0.39 is 12.1 Å². The summed E-state index contributed by atoms with van der Waals surface area (Å²) in [7, 11) is 3.58. The van der Waals surface area contributed by atoms with Crippen molar-refractivity contribution in [1.82, 2.24) is 9.80 Å². The van der Waals surface area contributed by atoms with E-state index in [2.05, 4.69) is 16.8 Å². The second-order valence-electron chi connectivity index (χ2n) is 6.15. The summed E-state index contributed by atoms with van der Waals surface area (Å²) < 4.78 is 50.1. The van der Waals surface area contributed by atoms with Crippen molar-refractivity contribution in [2.75, 3.05) is 40.4 Å². The van der Waals surface area contributed by atoms with E-state index in [9.17, 15) is 17.6 Å². The first-order valence-electron chi connectivity index (χ1n) is 8.24. The molecule has 6 nitrogen and oxygen atoms in total. The number of carboxylic acids is 1. The quantitative estimate of drug-likeness (QED) is 0.742. The number of hydrogen-bond donors (Lipinski definition) is 2. The van der Waals surface area contributed by atoms with E-state index in [1.165, 1.54) is 13.2 Å². The molecular formula is C17H24F4N2O4. The van der Waals surface area contributed by atoms with Crippen LogP contribution in [0.1, 0.15) is 12.0 Å². The van der Waals surface area contributed by atoms with Crippen LogP contribution < -0.4 is 4.74 Å². The van der Waals surface area contributed by atoms with Gasteiger partial charge in [-0.05, 0) is 31.2 Å². The Labute approximate surface area is 154 Å². The van der Waals surface area contributed by atoms with Crippen LogP contribution in [0.5, 0.6) is 5.75 Å². The van der Waals surface area contributed by atoms with Crippen LogP contribution in [0.3, 0.4) is 0 Å². The van der Waals surface area contributed by atoms with Gasteiger partial charge < -0.3 is 19.8 Å². The third-order valence-corrected chi connectivity index (χ3v) is 4.19. The van der Waals surface area contributed by atoms with E-state index in [-0.39, 0.29) is 12.4 Å². The third kappa shape index (κ3) is 7.69. The number of piperazine rings is 1. The predicted octanol–water partition coefficient (Wildman–Crippen LogP) is 1.97. The van der Waals surface area contributed by atoms with Crippen LogP contribution in [0, 0.1) is 5.82 Å². The maximum absolute atomic E-state index is 13.4. The first kappa shape index (κ1) is 23.1. The molecule has 10 heteroatoms. The minimum Gasteiger partial charge on any atom is -0.494 e. The normalized spacial score (nSPS) is 18.6. The number of aliphatic hydroxyl groups is 1. The number of rotatable bonds is 5. The molecule has 1 aromatic rings. The van der Waals surface area contributed by atoms with Crippen molar-refractivity contribution < 1.29 is 37.3 Å². The van der Waals surface area contributed by atoms with E-state index in [4.69, 9.17) is 19.7 Å². The van der Waals surface area contributed by atoms with Gasteiger partial charge in [0.05, 0.1) is 7.11 Å². The number of ether oxygens (including phenoxy) is 1. The maximum atomic E-state index is 13.4. The lowest BCUT2D eigenvalue weighted by molar-refractivity contribution is -0.192. The molecule has 0 aliphatic carbocycles. The monoisotopic (exact) mass is 396 g/mol. The minimum atomic E-state index is -5.08. The summed E-state index contributed by atoms with van der Waals surface area (Å²) in [6, 6.07) is 5.40. The zero-order chi connectivity index (χ0) is 20.6. The van der Waals surface area contributed by atoms with Crippen LogP contribution >= 0.6 is 0 Å². The number of benzene rings is 1. The van der Waals surface area contributed by atoms with Gasteiger partial charge in [0, 0.05) is 38.8 Å². The van der Waals surface area contributed by atoms with Gasteiger partial charge in [-0.15, -0.1) is 0 Å². The van der Waals surface area contributed by atoms with Crippen molar-refractivity contribution in [1.29, 1.82) is 0 Å². The molecule has 0 amide bonds. The van der Waals surface area contributed by atoms with Crippen molar-refractivity contribution >= 4 is 5.97 Å². The standard InChI is InChI=1S/C15H23FN2O2.C2HF3O2/c1-17-6-7-18(11-13(17)5-8-19)10-12-3-4-14(16)15(9-12)20-2;3-2(4,5)1(6)7/h3-4,9,13,19H,5-8,10-11H2,1-2H3;(H,6,7). The van der Waals surface area contributed by atoms with Gasteiger partial charge in [0.25, 0.3) is 0 Å². The second kappa shape index (κ2) is 10.4. The molecule has 1 aromatic carbocycles. The lowest BCUT2D eigenvalue weighted by atomic mass is 10.1. The third-order valence-electron chi connectivity index (χ3n) is 4.19. The van der Waals surface area contributed by atoms with Crippen LogP contribution in [0.2, 0.25) is 0 Å². The van der Waals surface area contributed by atoms with Crippen LogP contribution in [0.4, 0.5) is 17.6 Å². The predicted molar refractivity (Wildman–Crippen MR) is 90.0 cm³/mol. The first-order chi connectivity index (χ1) is 12.6. The summed E-state index contributed by atoms with van der Waals surface area (Å²) in [5.74, 6) is -2.79. The Balaban J connectivity index is 0.000000445. The van der Waals surface area contributed by atoms with E-state index in [1.54, 1.807) is 12.1 Å². The zero-order valence-corrected chi connectivity index (χ0v) is 15.2. The number of aliphatic carboxylic acids is 1. The number of nitrogens with zero attached hydrogens (tertiary/aromatic N) is 2. The molecule has 1 saturated heterocycles. The molecule has 1 heterocycles. The Hall–Kier alpha value is -1.91. The fourth-order valence-corrected chi connectivity index (χ4v) is 2.68. The van der Waals surface area contributed by atoms with Crippen molar-refractivity contribution in [3.63, 3.8) is 0 Å². The molecule has 1 aliphatic rings. The Morgan fingerprint density at radius 1 is 1.33 bits per heavy atom. The molecule has 1 aliphatic heterocycles. The van der Waals surface area contributed by atoms with E-state index in [1.807, 2.05) is 0 Å². The molecule has 1 atom stereocenters.